The van der Waals surface area contributed by atoms with Gasteiger partial charge in [-0.15, -0.1) is 5.10 Å². The number of carbonyl (C=O) groups is 2. The molecular weight excluding hydrogens is 248 g/mol. The summed E-state index contributed by atoms with van der Waals surface area (Å²) in [5.41, 5.74) is 0. The summed E-state index contributed by atoms with van der Waals surface area (Å²) >= 11 is 0. The van der Waals surface area contributed by atoms with Gasteiger partial charge in [-0.2, -0.15) is 0 Å². The van der Waals surface area contributed by atoms with Crippen LogP contribution in [0.4, 0.5) is 0 Å². The lowest BCUT2D eigenvalue weighted by Crippen LogP contribution is -2.30. The first-order valence-electron chi connectivity index (χ1n) is 6.34. The van der Waals surface area contributed by atoms with Crippen molar-refractivity contribution in [1.82, 2.24) is 20.1 Å². The van der Waals surface area contributed by atoms with Gasteiger partial charge in [-0.05, 0) is 5.92 Å². The maximum absolute atomic E-state index is 12.2. The van der Waals surface area contributed by atoms with Crippen molar-refractivity contribution < 1.29 is 14.7 Å². The van der Waals surface area contributed by atoms with Gasteiger partial charge in [0, 0.05) is 19.0 Å². The summed E-state index contributed by atoms with van der Waals surface area (Å²) in [5, 5.41) is 15.7. The third kappa shape index (κ3) is 2.59. The molecule has 0 aromatic carbocycles. The van der Waals surface area contributed by atoms with E-state index in [0.717, 1.165) is 0 Å². The van der Waals surface area contributed by atoms with Crippen molar-refractivity contribution in [2.45, 2.75) is 26.7 Å². The predicted octanol–water partition coefficient (Wildman–Crippen LogP) is 0.721. The molecule has 2 heterocycles. The van der Waals surface area contributed by atoms with Crippen molar-refractivity contribution in [1.29, 1.82) is 0 Å². The van der Waals surface area contributed by atoms with Crippen LogP contribution in [0.2, 0.25) is 0 Å². The zero-order valence-corrected chi connectivity index (χ0v) is 11.3. The van der Waals surface area contributed by atoms with Crippen LogP contribution < -0.4 is 0 Å². The Kier molecular flexibility index (Phi) is 3.55. The molecule has 1 fully saturated rings. The summed E-state index contributed by atoms with van der Waals surface area (Å²) in [6.07, 6.45) is 0. The van der Waals surface area contributed by atoms with E-state index in [9.17, 15) is 9.59 Å². The molecule has 1 aromatic rings. The zero-order valence-electron chi connectivity index (χ0n) is 11.3. The largest absolute Gasteiger partial charge is 0.481 e. The number of carboxylic acid groups (broad SMARTS) is 1. The van der Waals surface area contributed by atoms with Gasteiger partial charge in [0.2, 0.25) is 5.82 Å². The van der Waals surface area contributed by atoms with Crippen molar-refractivity contribution in [2.75, 3.05) is 13.1 Å². The molecule has 1 aromatic heterocycles. The molecule has 7 nitrogen and oxygen atoms in total. The zero-order chi connectivity index (χ0) is 14.2. The second kappa shape index (κ2) is 4.99. The summed E-state index contributed by atoms with van der Waals surface area (Å²) in [6.45, 7) is 6.39. The number of rotatable bonds is 3. The van der Waals surface area contributed by atoms with Crippen molar-refractivity contribution in [3.63, 3.8) is 0 Å². The summed E-state index contributed by atoms with van der Waals surface area (Å²) in [6, 6.07) is 0. The number of amides is 1. The molecule has 0 radical (unpaired) electrons. The number of aromatic amines is 1. The minimum atomic E-state index is -0.861. The lowest BCUT2D eigenvalue weighted by molar-refractivity contribution is -0.142. The molecule has 0 aliphatic carbocycles. The van der Waals surface area contributed by atoms with Gasteiger partial charge in [0.25, 0.3) is 5.91 Å². The molecule has 1 amide bonds. The smallest absolute Gasteiger partial charge is 0.308 e. The highest BCUT2D eigenvalue weighted by atomic mass is 16.4. The van der Waals surface area contributed by atoms with E-state index in [2.05, 4.69) is 15.2 Å². The fourth-order valence-electron chi connectivity index (χ4n) is 2.22. The normalized spacial score (nSPS) is 23.1. The molecule has 0 bridgehead atoms. The van der Waals surface area contributed by atoms with Crippen LogP contribution in [0, 0.1) is 11.8 Å². The molecule has 104 valence electrons. The molecule has 1 aliphatic heterocycles. The first-order valence-corrected chi connectivity index (χ1v) is 6.34. The lowest BCUT2D eigenvalue weighted by atomic mass is 9.99. The van der Waals surface area contributed by atoms with Gasteiger partial charge < -0.3 is 10.0 Å². The van der Waals surface area contributed by atoms with Crippen LogP contribution in [0.15, 0.2) is 0 Å². The maximum Gasteiger partial charge on any atom is 0.308 e. The summed E-state index contributed by atoms with van der Waals surface area (Å²) in [7, 11) is 0. The first-order chi connectivity index (χ1) is 8.90. The highest BCUT2D eigenvalue weighted by Gasteiger charge is 2.38. The van der Waals surface area contributed by atoms with E-state index in [1.165, 1.54) is 4.90 Å². The number of aliphatic carboxylic acids is 1. The van der Waals surface area contributed by atoms with Gasteiger partial charge in [-0.25, -0.2) is 4.98 Å². The Balaban J connectivity index is 2.10. The first kappa shape index (κ1) is 13.5. The van der Waals surface area contributed by atoms with Crippen LogP contribution in [-0.2, 0) is 4.79 Å². The topological polar surface area (TPSA) is 99.2 Å². The van der Waals surface area contributed by atoms with E-state index in [1.54, 1.807) is 0 Å². The SMILES string of the molecule is CC(C)c1nc(C(=O)N2C[C@@H](C)[C@H](C(=O)O)C2)n[nH]1. The maximum atomic E-state index is 12.2. The summed E-state index contributed by atoms with van der Waals surface area (Å²) in [5.74, 6) is -0.789. The van der Waals surface area contributed by atoms with E-state index in [1.807, 2.05) is 20.8 Å². The standard InChI is InChI=1S/C12H18N4O3/c1-6(2)9-13-10(15-14-9)11(17)16-4-7(3)8(5-16)12(18)19/h6-8H,4-5H2,1-3H3,(H,18,19)(H,13,14,15)/t7-,8-/m1/s1. The number of H-pyrrole nitrogens is 1. The lowest BCUT2D eigenvalue weighted by Gasteiger charge is -2.13. The number of aromatic nitrogens is 3. The number of nitrogens with zero attached hydrogens (tertiary/aromatic N) is 3. The average Bonchev–Trinajstić information content (AvgIpc) is 2.94. The van der Waals surface area contributed by atoms with Crippen molar-refractivity contribution >= 4 is 11.9 Å². The van der Waals surface area contributed by atoms with Crippen LogP contribution in [0.25, 0.3) is 0 Å². The molecule has 1 saturated heterocycles. The Bertz CT molecular complexity index is 497. The van der Waals surface area contributed by atoms with Crippen molar-refractivity contribution in [3.8, 4) is 0 Å². The van der Waals surface area contributed by atoms with Gasteiger partial charge in [0.15, 0.2) is 0 Å². The van der Waals surface area contributed by atoms with Crippen molar-refractivity contribution in [2.24, 2.45) is 11.8 Å². The van der Waals surface area contributed by atoms with E-state index in [0.29, 0.717) is 12.4 Å². The molecule has 19 heavy (non-hydrogen) atoms. The predicted molar refractivity (Wildman–Crippen MR) is 66.7 cm³/mol. The van der Waals surface area contributed by atoms with Gasteiger partial charge >= 0.3 is 5.97 Å². The van der Waals surface area contributed by atoms with Crippen LogP contribution in [0.3, 0.4) is 0 Å². The third-order valence-corrected chi connectivity index (χ3v) is 3.46. The van der Waals surface area contributed by atoms with Crippen LogP contribution in [0.1, 0.15) is 43.1 Å². The van der Waals surface area contributed by atoms with E-state index < -0.39 is 11.9 Å². The number of nitrogens with one attached hydrogen (secondary N) is 1. The van der Waals surface area contributed by atoms with Crippen molar-refractivity contribution in [3.05, 3.63) is 11.6 Å². The van der Waals surface area contributed by atoms with Gasteiger partial charge in [-0.3, -0.25) is 14.7 Å². The molecule has 0 saturated carbocycles. The second-order valence-corrected chi connectivity index (χ2v) is 5.33. The van der Waals surface area contributed by atoms with Crippen LogP contribution in [0.5, 0.6) is 0 Å². The number of hydrogen-bond acceptors (Lipinski definition) is 4. The van der Waals surface area contributed by atoms with Crippen LogP contribution >= 0.6 is 0 Å². The Morgan fingerprint density at radius 2 is 2.11 bits per heavy atom. The molecule has 7 heteroatoms. The fraction of sp³-hybridized carbons (Fsp3) is 0.667. The van der Waals surface area contributed by atoms with Gasteiger partial charge in [0.05, 0.1) is 5.92 Å². The number of likely N-dealkylation sites (tertiary alicyclic amines) is 1. The molecule has 0 spiro atoms. The second-order valence-electron chi connectivity index (χ2n) is 5.33. The quantitative estimate of drug-likeness (QED) is 0.839. The molecule has 0 unspecified atom stereocenters. The van der Waals surface area contributed by atoms with Crippen LogP contribution in [-0.4, -0.2) is 50.2 Å². The highest BCUT2D eigenvalue weighted by Crippen LogP contribution is 2.24. The van der Waals surface area contributed by atoms with Gasteiger partial charge in [-0.1, -0.05) is 20.8 Å². The van der Waals surface area contributed by atoms with Gasteiger partial charge in [0.1, 0.15) is 5.82 Å². The molecule has 1 aliphatic rings. The average molecular weight is 266 g/mol. The van der Waals surface area contributed by atoms with E-state index in [4.69, 9.17) is 5.11 Å². The minimum absolute atomic E-state index is 0.0510. The number of hydrogen-bond donors (Lipinski definition) is 2. The monoisotopic (exact) mass is 266 g/mol. The Morgan fingerprint density at radius 1 is 1.42 bits per heavy atom. The fourth-order valence-corrected chi connectivity index (χ4v) is 2.22. The minimum Gasteiger partial charge on any atom is -0.481 e. The highest BCUT2D eigenvalue weighted by molar-refractivity contribution is 5.91. The molecule has 2 atom stereocenters. The summed E-state index contributed by atoms with van der Waals surface area (Å²) < 4.78 is 0. The molecule has 2 rings (SSSR count). The number of carbonyl (C=O) groups excluding carboxylic acids is 1. The molecule has 2 N–H and O–H groups in total. The Morgan fingerprint density at radius 3 is 2.58 bits per heavy atom. The molecular formula is C12H18N4O3. The third-order valence-electron chi connectivity index (χ3n) is 3.46. The Labute approximate surface area is 111 Å². The Hall–Kier alpha value is -1.92. The number of carboxylic acids is 1. The summed E-state index contributed by atoms with van der Waals surface area (Å²) in [4.78, 5) is 28.9. The van der Waals surface area contributed by atoms with E-state index >= 15 is 0 Å². The van der Waals surface area contributed by atoms with E-state index in [-0.39, 0.29) is 30.1 Å².